The predicted molar refractivity (Wildman–Crippen MR) is 33.1 cm³/mol. The van der Waals surface area contributed by atoms with Crippen molar-refractivity contribution < 1.29 is 0 Å². The maximum Gasteiger partial charge on any atom is 0.181 e. The molecule has 0 fully saturated rings. The van der Waals surface area contributed by atoms with Crippen molar-refractivity contribution in [3.05, 3.63) is 9.98 Å². The van der Waals surface area contributed by atoms with Crippen molar-refractivity contribution in [1.82, 2.24) is 4.98 Å². The summed E-state index contributed by atoms with van der Waals surface area (Å²) in [4.78, 5) is 3.64. The molecule has 0 saturated heterocycles. The van der Waals surface area contributed by atoms with Gasteiger partial charge in [-0.1, -0.05) is 11.3 Å². The molecule has 0 amide bonds. The van der Waals surface area contributed by atoms with Gasteiger partial charge in [0.05, 0.1) is 0 Å². The molecule has 0 spiro atoms. The lowest BCUT2D eigenvalue weighted by atomic mass is 11.0. The molecule has 1 radical (unpaired) electrons. The second-order valence-corrected chi connectivity index (χ2v) is 3.29. The molecule has 37 valence electrons. The van der Waals surface area contributed by atoms with E-state index in [2.05, 4.69) is 27.1 Å². The summed E-state index contributed by atoms with van der Waals surface area (Å²) in [6.45, 7) is 0. The van der Waals surface area contributed by atoms with E-state index in [1.165, 1.54) is 11.3 Å². The number of hydrogen-bond donors (Lipinski definition) is 1. The standard InChI is InChI=1S/C3H2BrN2S/c4-2-1-6-3(5)7-2/h(H2,5,6). The fourth-order valence-electron chi connectivity index (χ4n) is 0.236. The predicted octanol–water partition coefficient (Wildman–Crippen LogP) is 1.29. The summed E-state index contributed by atoms with van der Waals surface area (Å²) < 4.78 is 0.852. The quantitative estimate of drug-likeness (QED) is 0.649. The first-order valence-corrected chi connectivity index (χ1v) is 3.19. The number of nitrogens with two attached hydrogens (primary N) is 1. The normalized spacial score (nSPS) is 9.29. The van der Waals surface area contributed by atoms with E-state index in [0.717, 1.165) is 3.79 Å². The summed E-state index contributed by atoms with van der Waals surface area (Å²) in [6.07, 6.45) is 2.63. The van der Waals surface area contributed by atoms with E-state index in [9.17, 15) is 0 Å². The van der Waals surface area contributed by atoms with Gasteiger partial charge in [-0.05, 0) is 15.9 Å². The summed E-state index contributed by atoms with van der Waals surface area (Å²) in [7, 11) is 0. The Morgan fingerprint density at radius 1 is 1.86 bits per heavy atom. The van der Waals surface area contributed by atoms with E-state index in [0.29, 0.717) is 5.13 Å². The molecule has 0 aliphatic heterocycles. The largest absolute Gasteiger partial charge is 0.375 e. The highest BCUT2D eigenvalue weighted by molar-refractivity contribution is 9.11. The minimum Gasteiger partial charge on any atom is -0.375 e. The third-order valence-electron chi connectivity index (χ3n) is 0.448. The first-order chi connectivity index (χ1) is 3.29. The van der Waals surface area contributed by atoms with Gasteiger partial charge in [0.2, 0.25) is 0 Å². The van der Waals surface area contributed by atoms with Gasteiger partial charge in [0, 0.05) is 0 Å². The van der Waals surface area contributed by atoms with Crippen LogP contribution in [-0.4, -0.2) is 4.98 Å². The molecule has 0 aliphatic carbocycles. The van der Waals surface area contributed by atoms with Gasteiger partial charge < -0.3 is 5.73 Å². The van der Waals surface area contributed by atoms with Crippen LogP contribution in [0.4, 0.5) is 5.13 Å². The summed E-state index contributed by atoms with van der Waals surface area (Å²) >= 11 is 4.52. The highest BCUT2D eigenvalue weighted by Gasteiger charge is 1.90. The Hall–Kier alpha value is -0.0900. The number of rotatable bonds is 0. The van der Waals surface area contributed by atoms with E-state index in [1.807, 2.05) is 0 Å². The monoisotopic (exact) mass is 177 g/mol. The van der Waals surface area contributed by atoms with Crippen LogP contribution in [0.3, 0.4) is 0 Å². The molecule has 0 unspecified atom stereocenters. The van der Waals surface area contributed by atoms with Gasteiger partial charge in [0.1, 0.15) is 9.98 Å². The molecule has 1 aromatic heterocycles. The Morgan fingerprint density at radius 3 is 2.71 bits per heavy atom. The molecule has 7 heavy (non-hydrogen) atoms. The van der Waals surface area contributed by atoms with Crippen LogP contribution in [0.1, 0.15) is 0 Å². The third kappa shape index (κ3) is 1.14. The molecule has 0 aromatic carbocycles. The van der Waals surface area contributed by atoms with Crippen molar-refractivity contribution in [3.63, 3.8) is 0 Å². The zero-order valence-corrected chi connectivity index (χ0v) is 5.71. The average Bonchev–Trinajstić information content (AvgIpc) is 1.87. The maximum absolute atomic E-state index is 5.22. The van der Waals surface area contributed by atoms with E-state index < -0.39 is 0 Å². The molecule has 0 atom stereocenters. The van der Waals surface area contributed by atoms with Crippen molar-refractivity contribution in [1.29, 1.82) is 0 Å². The van der Waals surface area contributed by atoms with E-state index in [1.54, 1.807) is 0 Å². The van der Waals surface area contributed by atoms with Gasteiger partial charge in [0.15, 0.2) is 5.13 Å². The molecule has 2 N–H and O–H groups in total. The van der Waals surface area contributed by atoms with Gasteiger partial charge in [-0.2, -0.15) is 0 Å². The minimum atomic E-state index is 0.548. The SMILES string of the molecule is Nc1n[c]c(Br)s1. The van der Waals surface area contributed by atoms with Crippen molar-refractivity contribution in [3.8, 4) is 0 Å². The molecule has 0 saturated carbocycles. The molecular formula is C3H2BrN2S. The van der Waals surface area contributed by atoms with Gasteiger partial charge in [-0.25, -0.2) is 4.98 Å². The van der Waals surface area contributed by atoms with Crippen LogP contribution in [0.25, 0.3) is 0 Å². The Labute approximate surface area is 53.5 Å². The van der Waals surface area contributed by atoms with Crippen LogP contribution in [0.5, 0.6) is 0 Å². The second kappa shape index (κ2) is 1.79. The molecule has 0 bridgehead atoms. The molecule has 2 nitrogen and oxygen atoms in total. The summed E-state index contributed by atoms with van der Waals surface area (Å²) in [5, 5.41) is 0.548. The van der Waals surface area contributed by atoms with Crippen LogP contribution in [0, 0.1) is 6.20 Å². The Balaban J connectivity index is 3.04. The zero-order chi connectivity index (χ0) is 5.28. The maximum atomic E-state index is 5.22. The first-order valence-electron chi connectivity index (χ1n) is 1.58. The van der Waals surface area contributed by atoms with Crippen LogP contribution in [-0.2, 0) is 0 Å². The highest BCUT2D eigenvalue weighted by Crippen LogP contribution is 2.18. The van der Waals surface area contributed by atoms with E-state index >= 15 is 0 Å². The smallest absolute Gasteiger partial charge is 0.181 e. The highest BCUT2D eigenvalue weighted by atomic mass is 79.9. The number of aromatic nitrogens is 1. The fraction of sp³-hybridized carbons (Fsp3) is 0. The lowest BCUT2D eigenvalue weighted by Gasteiger charge is -1.68. The topological polar surface area (TPSA) is 38.9 Å². The Kier molecular flexibility index (Phi) is 1.30. The number of anilines is 1. The Bertz CT molecular complexity index is 145. The van der Waals surface area contributed by atoms with Crippen LogP contribution >= 0.6 is 27.3 Å². The molecule has 1 heterocycles. The summed E-state index contributed by atoms with van der Waals surface area (Å²) in [6, 6.07) is 0. The van der Waals surface area contributed by atoms with Crippen LogP contribution in [0.2, 0.25) is 0 Å². The molecular weight excluding hydrogens is 176 g/mol. The van der Waals surface area contributed by atoms with Gasteiger partial charge >= 0.3 is 0 Å². The summed E-state index contributed by atoms with van der Waals surface area (Å²) in [5.41, 5.74) is 5.22. The van der Waals surface area contributed by atoms with Crippen molar-refractivity contribution in [2.24, 2.45) is 0 Å². The number of nitrogens with zero attached hydrogens (tertiary/aromatic N) is 1. The second-order valence-electron chi connectivity index (χ2n) is 0.938. The zero-order valence-electron chi connectivity index (χ0n) is 3.31. The van der Waals surface area contributed by atoms with Crippen LogP contribution in [0.15, 0.2) is 3.79 Å². The Morgan fingerprint density at radius 2 is 2.57 bits per heavy atom. The van der Waals surface area contributed by atoms with Crippen molar-refractivity contribution >= 4 is 32.4 Å². The van der Waals surface area contributed by atoms with Crippen molar-refractivity contribution in [2.75, 3.05) is 5.73 Å². The number of nitrogen functional groups attached to an aromatic ring is 1. The van der Waals surface area contributed by atoms with Gasteiger partial charge in [-0.3, -0.25) is 0 Å². The van der Waals surface area contributed by atoms with Gasteiger partial charge in [-0.15, -0.1) is 0 Å². The van der Waals surface area contributed by atoms with E-state index in [4.69, 9.17) is 5.73 Å². The molecule has 4 heteroatoms. The number of halogens is 1. The lowest BCUT2D eigenvalue weighted by molar-refractivity contribution is 1.40. The average molecular weight is 178 g/mol. The molecule has 0 aliphatic rings. The lowest BCUT2D eigenvalue weighted by Crippen LogP contribution is -1.77. The number of thiazole rings is 1. The minimum absolute atomic E-state index is 0.548. The molecule has 1 rings (SSSR count). The summed E-state index contributed by atoms with van der Waals surface area (Å²) in [5.74, 6) is 0. The van der Waals surface area contributed by atoms with Crippen LogP contribution < -0.4 is 5.73 Å². The fourth-order valence-corrected chi connectivity index (χ4v) is 1.19. The third-order valence-corrected chi connectivity index (χ3v) is 1.68. The molecule has 1 aromatic rings. The first kappa shape index (κ1) is 5.05. The van der Waals surface area contributed by atoms with Crippen molar-refractivity contribution in [2.45, 2.75) is 0 Å². The van der Waals surface area contributed by atoms with Gasteiger partial charge in [0.25, 0.3) is 0 Å². The number of hydrogen-bond acceptors (Lipinski definition) is 3. The van der Waals surface area contributed by atoms with E-state index in [-0.39, 0.29) is 0 Å².